The smallest absolute Gasteiger partial charge is 0.242 e. The van der Waals surface area contributed by atoms with Crippen LogP contribution in [0.1, 0.15) is 16.7 Å². The van der Waals surface area contributed by atoms with E-state index in [1.54, 1.807) is 0 Å². The van der Waals surface area contributed by atoms with Gasteiger partial charge in [-0.1, -0.05) is 116 Å². The van der Waals surface area contributed by atoms with Gasteiger partial charge >= 0.3 is 0 Å². The number of aliphatic hydroxyl groups is 1. The zero-order valence-electron chi connectivity index (χ0n) is 23.7. The first-order valence-electron chi connectivity index (χ1n) is 13.7. The van der Waals surface area contributed by atoms with Crippen LogP contribution in [0.25, 0.3) is 10.4 Å². The molecule has 0 aliphatic carbocycles. The Morgan fingerprint density at radius 2 is 1.32 bits per heavy atom. The molecule has 1 fully saturated rings. The minimum atomic E-state index is -2.10. The molecule has 0 saturated carbocycles. The van der Waals surface area contributed by atoms with Crippen LogP contribution >= 0.6 is 0 Å². The van der Waals surface area contributed by atoms with E-state index in [1.807, 2.05) is 91.0 Å². The third kappa shape index (κ3) is 9.02. The van der Waals surface area contributed by atoms with Crippen molar-refractivity contribution in [3.8, 4) is 11.5 Å². The van der Waals surface area contributed by atoms with Crippen LogP contribution in [-0.2, 0) is 38.8 Å². The van der Waals surface area contributed by atoms with Crippen LogP contribution in [0.2, 0.25) is 19.6 Å². The second-order valence-corrected chi connectivity index (χ2v) is 15.8. The van der Waals surface area contributed by atoms with E-state index in [2.05, 4.69) is 41.1 Å². The summed E-state index contributed by atoms with van der Waals surface area (Å²) in [5.74, 6) is 0.827. The molecule has 214 valence electrons. The van der Waals surface area contributed by atoms with Crippen LogP contribution in [0.15, 0.2) is 96.1 Å². The maximum absolute atomic E-state index is 11.9. The highest BCUT2D eigenvalue weighted by Crippen LogP contribution is 2.35. The number of rotatable bonds is 11. The van der Waals surface area contributed by atoms with Gasteiger partial charge in [-0.15, -0.1) is 5.54 Å². The zero-order valence-corrected chi connectivity index (χ0v) is 24.7. The van der Waals surface area contributed by atoms with Crippen molar-refractivity contribution in [2.75, 3.05) is 6.61 Å². The Kier molecular flexibility index (Phi) is 10.7. The van der Waals surface area contributed by atoms with Crippen molar-refractivity contribution in [1.82, 2.24) is 0 Å². The van der Waals surface area contributed by atoms with Crippen LogP contribution in [-0.4, -0.2) is 49.9 Å². The van der Waals surface area contributed by atoms with E-state index >= 15 is 0 Å². The van der Waals surface area contributed by atoms with Crippen molar-refractivity contribution in [2.24, 2.45) is 5.11 Å². The maximum Gasteiger partial charge on any atom is 0.242 e. The molecule has 1 N–H and O–H groups in total. The second-order valence-electron chi connectivity index (χ2n) is 11.0. The summed E-state index contributed by atoms with van der Waals surface area (Å²) in [6.45, 7) is 7.10. The maximum atomic E-state index is 11.9. The highest BCUT2D eigenvalue weighted by molar-refractivity contribution is 6.83. The summed E-state index contributed by atoms with van der Waals surface area (Å²) in [6.07, 6.45) is -2.39. The molecule has 41 heavy (non-hydrogen) atoms. The van der Waals surface area contributed by atoms with Crippen molar-refractivity contribution in [1.29, 1.82) is 0 Å². The first kappa shape index (κ1) is 30.5. The normalized spacial score (nSPS) is 24.1. The van der Waals surface area contributed by atoms with Gasteiger partial charge in [-0.2, -0.15) is 0 Å². The Morgan fingerprint density at radius 1 is 0.829 bits per heavy atom. The Morgan fingerprint density at radius 3 is 1.80 bits per heavy atom. The molecule has 0 aromatic heterocycles. The van der Waals surface area contributed by atoms with Gasteiger partial charge in [0.15, 0.2) is 0 Å². The fourth-order valence-electron chi connectivity index (χ4n) is 4.48. The number of azide groups is 1. The van der Waals surface area contributed by atoms with Crippen LogP contribution in [0.3, 0.4) is 0 Å². The minimum Gasteiger partial charge on any atom is -0.374 e. The fraction of sp³-hybridized carbons (Fsp3) is 0.375. The van der Waals surface area contributed by atoms with E-state index in [0.29, 0.717) is 6.61 Å². The summed E-state index contributed by atoms with van der Waals surface area (Å²) in [5, 5.41) is 15.8. The molecule has 0 radical (unpaired) electrons. The minimum absolute atomic E-state index is 0.0967. The third-order valence-corrected chi connectivity index (χ3v) is 7.37. The van der Waals surface area contributed by atoms with Crippen LogP contribution in [0, 0.1) is 11.5 Å². The van der Waals surface area contributed by atoms with Crippen molar-refractivity contribution >= 4 is 8.07 Å². The van der Waals surface area contributed by atoms with Gasteiger partial charge in [0.25, 0.3) is 0 Å². The number of ether oxygens (including phenoxy) is 4. The number of benzene rings is 3. The van der Waals surface area contributed by atoms with Crippen molar-refractivity contribution in [2.45, 2.75) is 69.6 Å². The molecule has 0 amide bonds. The summed E-state index contributed by atoms with van der Waals surface area (Å²) >= 11 is 0. The zero-order chi connectivity index (χ0) is 29.1. The molecule has 1 saturated heterocycles. The van der Waals surface area contributed by atoms with E-state index in [4.69, 9.17) is 18.9 Å². The second kappa shape index (κ2) is 14.4. The molecule has 0 bridgehead atoms. The molecule has 4 rings (SSSR count). The van der Waals surface area contributed by atoms with Crippen molar-refractivity contribution in [3.63, 3.8) is 0 Å². The van der Waals surface area contributed by atoms with Gasteiger partial charge in [0, 0.05) is 4.91 Å². The van der Waals surface area contributed by atoms with Gasteiger partial charge < -0.3 is 24.1 Å². The SMILES string of the molecule is C[Si](C)(C)C#CC1(O)OC(COCc2ccccc2)C(OCc2ccccc2)C(OCc2ccccc2)C1N=[N+]=[N-]. The summed E-state index contributed by atoms with van der Waals surface area (Å²) < 4.78 is 25.2. The van der Waals surface area contributed by atoms with Gasteiger partial charge in [0.2, 0.25) is 5.79 Å². The predicted molar refractivity (Wildman–Crippen MR) is 160 cm³/mol. The lowest BCUT2D eigenvalue weighted by atomic mass is 9.90. The van der Waals surface area contributed by atoms with Crippen molar-refractivity contribution < 1.29 is 24.1 Å². The quantitative estimate of drug-likeness (QED) is 0.0996. The predicted octanol–water partition coefficient (Wildman–Crippen LogP) is 6.02. The molecule has 0 spiro atoms. The summed E-state index contributed by atoms with van der Waals surface area (Å²) in [6, 6.07) is 28.0. The molecule has 8 nitrogen and oxygen atoms in total. The molecule has 1 aliphatic heterocycles. The molecular weight excluding hydrogens is 534 g/mol. The van der Waals surface area contributed by atoms with Gasteiger partial charge in [0.1, 0.15) is 32.4 Å². The van der Waals surface area contributed by atoms with Gasteiger partial charge in [0.05, 0.1) is 26.4 Å². The molecule has 3 aromatic carbocycles. The average molecular weight is 572 g/mol. The van der Waals surface area contributed by atoms with Crippen LogP contribution in [0.4, 0.5) is 0 Å². The lowest BCUT2D eigenvalue weighted by Crippen LogP contribution is -2.65. The van der Waals surface area contributed by atoms with Crippen molar-refractivity contribution in [3.05, 3.63) is 118 Å². The Hall–Kier alpha value is -3.45. The lowest BCUT2D eigenvalue weighted by molar-refractivity contribution is -0.304. The number of nitrogens with zero attached hydrogens (tertiary/aromatic N) is 3. The van der Waals surface area contributed by atoms with Gasteiger partial charge in [-0.05, 0) is 28.1 Å². The van der Waals surface area contributed by atoms with E-state index in [-0.39, 0.29) is 19.8 Å². The monoisotopic (exact) mass is 571 g/mol. The molecule has 9 heteroatoms. The average Bonchev–Trinajstić information content (AvgIpc) is 2.97. The number of hydrogen-bond acceptors (Lipinski definition) is 6. The Balaban J connectivity index is 1.68. The summed E-state index contributed by atoms with van der Waals surface area (Å²) in [4.78, 5) is 3.05. The van der Waals surface area contributed by atoms with Crippen LogP contribution in [0.5, 0.6) is 0 Å². The first-order chi connectivity index (χ1) is 19.8. The lowest BCUT2D eigenvalue weighted by Gasteiger charge is -2.47. The largest absolute Gasteiger partial charge is 0.374 e. The summed E-state index contributed by atoms with van der Waals surface area (Å²) in [7, 11) is -1.94. The molecule has 1 heterocycles. The molecule has 5 atom stereocenters. The Bertz CT molecular complexity index is 1340. The fourth-order valence-corrected chi connectivity index (χ4v) is 5.03. The van der Waals surface area contributed by atoms with Gasteiger partial charge in [-0.3, -0.25) is 0 Å². The molecule has 5 unspecified atom stereocenters. The molecule has 1 aliphatic rings. The van der Waals surface area contributed by atoms with E-state index < -0.39 is 38.2 Å². The van der Waals surface area contributed by atoms with E-state index in [1.165, 1.54) is 0 Å². The molecule has 3 aromatic rings. The third-order valence-electron chi connectivity index (χ3n) is 6.49. The van der Waals surface area contributed by atoms with Gasteiger partial charge in [-0.25, -0.2) is 0 Å². The standard InChI is InChI=1S/C32H37N3O5Si/c1-41(2,3)20-19-32(36)31(34-35-33)30(39-23-27-17-11-6-12-18-27)29(38-22-26-15-9-5-10-16-26)28(40-32)24-37-21-25-13-7-4-8-14-25/h4-18,28-31,36H,21-24H2,1-3H3. The molecular formula is C32H37N3O5Si. The topological polar surface area (TPSA) is 106 Å². The van der Waals surface area contributed by atoms with E-state index in [9.17, 15) is 10.6 Å². The Labute approximate surface area is 242 Å². The van der Waals surface area contributed by atoms with E-state index in [0.717, 1.165) is 16.7 Å². The first-order valence-corrected chi connectivity index (χ1v) is 17.2. The number of hydrogen-bond donors (Lipinski definition) is 1. The van der Waals surface area contributed by atoms with Crippen LogP contribution < -0.4 is 0 Å². The summed E-state index contributed by atoms with van der Waals surface area (Å²) in [5.41, 5.74) is 15.6. The highest BCUT2D eigenvalue weighted by Gasteiger charge is 2.55. The highest BCUT2D eigenvalue weighted by atomic mass is 28.3.